The summed E-state index contributed by atoms with van der Waals surface area (Å²) in [6, 6.07) is 21.2. The topological polar surface area (TPSA) is 8.29 Å². The highest BCUT2D eigenvalue weighted by atomic mass is 127. The van der Waals surface area contributed by atoms with Gasteiger partial charge < -0.3 is 4.40 Å². The molecule has 0 saturated heterocycles. The lowest BCUT2D eigenvalue weighted by molar-refractivity contribution is -0.643. The summed E-state index contributed by atoms with van der Waals surface area (Å²) < 4.78 is 5.11. The number of halogens is 1. The molecule has 0 saturated carbocycles. The van der Waals surface area contributed by atoms with Crippen LogP contribution in [-0.2, 0) is 19.9 Å². The maximum absolute atomic E-state index is 2.65. The highest BCUT2D eigenvalue weighted by Crippen LogP contribution is 2.45. The molecule has 0 amide bonds. The number of hydrogen-bond donors (Lipinski definition) is 0. The summed E-state index contributed by atoms with van der Waals surface area (Å²) in [4.78, 5) is 0. The van der Waals surface area contributed by atoms with Crippen LogP contribution in [0.25, 0.3) is 59.8 Å². The average Bonchev–Trinajstić information content (AvgIpc) is 3.18. The molecule has 3 heterocycles. The number of aryl methyl sites for hydroxylation is 3. The first kappa shape index (κ1) is 26.0. The van der Waals surface area contributed by atoms with Gasteiger partial charge >= 0.3 is 0 Å². The summed E-state index contributed by atoms with van der Waals surface area (Å²) in [6.07, 6.45) is 4.32. The van der Waals surface area contributed by atoms with Crippen LogP contribution in [0.3, 0.4) is 0 Å². The lowest BCUT2D eigenvalue weighted by atomic mass is 9.84. The van der Waals surface area contributed by atoms with Crippen LogP contribution >= 0.6 is 22.6 Å². The molecular weight excluding hydrogens is 599 g/mol. The van der Waals surface area contributed by atoms with Gasteiger partial charge in [0.1, 0.15) is 7.05 Å². The van der Waals surface area contributed by atoms with E-state index in [0.29, 0.717) is 0 Å². The Balaban J connectivity index is 1.83. The van der Waals surface area contributed by atoms with Gasteiger partial charge in [0.25, 0.3) is 0 Å². The van der Waals surface area contributed by atoms with E-state index in [9.17, 15) is 0 Å². The quantitative estimate of drug-likeness (QED) is 0.0600. The van der Waals surface area contributed by atoms with Crippen LogP contribution < -0.4 is 4.57 Å². The third-order valence-electron chi connectivity index (χ3n) is 8.69. The summed E-state index contributed by atoms with van der Waals surface area (Å²) in [5.41, 5.74) is 11.2. The van der Waals surface area contributed by atoms with Crippen molar-refractivity contribution in [2.24, 2.45) is 12.5 Å². The average molecular weight is 638 g/mol. The van der Waals surface area contributed by atoms with Gasteiger partial charge in [-0.05, 0) is 76.6 Å². The van der Waals surface area contributed by atoms with Gasteiger partial charge in [0.15, 0.2) is 6.20 Å². The van der Waals surface area contributed by atoms with E-state index in [0.717, 1.165) is 12.8 Å². The number of fused-ring (bicyclic) bond motifs is 7. The lowest BCUT2D eigenvalue weighted by Gasteiger charge is -2.24. The molecule has 202 valence electrons. The second-order valence-electron chi connectivity index (χ2n) is 13.9. The zero-order valence-corrected chi connectivity index (χ0v) is 27.1. The van der Waals surface area contributed by atoms with Crippen LogP contribution in [0.5, 0.6) is 0 Å². The van der Waals surface area contributed by atoms with E-state index in [1.165, 1.54) is 82.0 Å². The minimum atomic E-state index is 0.112. The highest BCUT2D eigenvalue weighted by molar-refractivity contribution is 14.1. The minimum Gasteiger partial charge on any atom is -0.307 e. The Labute approximate surface area is 250 Å². The van der Waals surface area contributed by atoms with Crippen molar-refractivity contribution in [2.75, 3.05) is 0 Å². The van der Waals surface area contributed by atoms with Gasteiger partial charge in [0.2, 0.25) is 5.52 Å². The Kier molecular flexibility index (Phi) is 5.56. The van der Waals surface area contributed by atoms with E-state index in [2.05, 4.69) is 148 Å². The van der Waals surface area contributed by atoms with Crippen molar-refractivity contribution in [3.05, 3.63) is 83.0 Å². The van der Waals surface area contributed by atoms with Gasteiger partial charge in [0.05, 0.1) is 27.3 Å². The minimum absolute atomic E-state index is 0.112. The van der Waals surface area contributed by atoms with Gasteiger partial charge in [-0.1, -0.05) is 99.7 Å². The largest absolute Gasteiger partial charge is 0.307 e. The Morgan fingerprint density at radius 3 is 2.20 bits per heavy atom. The van der Waals surface area contributed by atoms with E-state index in [4.69, 9.17) is 0 Å². The smallest absolute Gasteiger partial charge is 0.224 e. The van der Waals surface area contributed by atoms with Crippen molar-refractivity contribution < 1.29 is 4.57 Å². The first-order valence-electron chi connectivity index (χ1n) is 14.5. The second-order valence-corrected chi connectivity index (χ2v) is 16.8. The molecule has 0 fully saturated rings. The van der Waals surface area contributed by atoms with Crippen LogP contribution in [0.1, 0.15) is 56.9 Å². The van der Waals surface area contributed by atoms with Crippen LogP contribution in [-0.4, -0.2) is 7.82 Å². The maximum Gasteiger partial charge on any atom is 0.224 e. The predicted molar refractivity (Wildman–Crippen MR) is 182 cm³/mol. The van der Waals surface area contributed by atoms with E-state index < -0.39 is 0 Å². The molecule has 3 heteroatoms. The third-order valence-corrected chi connectivity index (χ3v) is 9.07. The summed E-state index contributed by atoms with van der Waals surface area (Å²) >= 11 is 2.65. The summed E-state index contributed by atoms with van der Waals surface area (Å²) in [7, 11) is 2.22. The molecule has 3 aromatic heterocycles. The Bertz CT molecular complexity index is 2150. The van der Waals surface area contributed by atoms with E-state index in [1.54, 1.807) is 0 Å². The van der Waals surface area contributed by atoms with Gasteiger partial charge in [0, 0.05) is 20.3 Å². The third kappa shape index (κ3) is 3.83. The summed E-state index contributed by atoms with van der Waals surface area (Å²) in [6.45, 7) is 16.3. The molecular formula is C37H38IN2+. The molecule has 0 atom stereocenters. The molecule has 40 heavy (non-hydrogen) atoms. The number of benzene rings is 4. The van der Waals surface area contributed by atoms with Crippen LogP contribution in [0, 0.1) is 19.3 Å². The summed E-state index contributed by atoms with van der Waals surface area (Å²) in [5.74, 6) is 0. The Morgan fingerprint density at radius 1 is 0.750 bits per heavy atom. The fraction of sp³-hybridized carbons (Fsp3) is 0.324. The number of nitrogens with zero attached hydrogens (tertiary/aromatic N) is 2. The summed E-state index contributed by atoms with van der Waals surface area (Å²) in [5, 5.41) is 9.56. The monoisotopic (exact) mass is 637 g/mol. The number of alkyl halides is 1. The first-order valence-corrected chi connectivity index (χ1v) is 15.5. The van der Waals surface area contributed by atoms with Gasteiger partial charge in [-0.25, -0.2) is 4.57 Å². The fourth-order valence-electron chi connectivity index (χ4n) is 7.21. The number of rotatable bonds is 3. The first-order chi connectivity index (χ1) is 18.8. The molecule has 7 aromatic rings. The van der Waals surface area contributed by atoms with Gasteiger partial charge in [-0.15, -0.1) is 0 Å². The Morgan fingerprint density at radius 2 is 1.48 bits per heavy atom. The molecule has 0 aliphatic rings. The molecule has 0 radical (unpaired) electrons. The predicted octanol–water partition coefficient (Wildman–Crippen LogP) is 9.93. The lowest BCUT2D eigenvalue weighted by Crippen LogP contribution is -2.29. The number of aromatic nitrogens is 2. The molecule has 0 bridgehead atoms. The second kappa shape index (κ2) is 8.55. The van der Waals surface area contributed by atoms with Crippen molar-refractivity contribution in [3.8, 4) is 0 Å². The van der Waals surface area contributed by atoms with E-state index >= 15 is 0 Å². The van der Waals surface area contributed by atoms with Crippen molar-refractivity contribution in [1.29, 1.82) is 0 Å². The van der Waals surface area contributed by atoms with Crippen LogP contribution in [0.4, 0.5) is 0 Å². The number of pyridine rings is 2. The van der Waals surface area contributed by atoms with Crippen molar-refractivity contribution in [1.82, 2.24) is 4.40 Å². The van der Waals surface area contributed by atoms with Crippen molar-refractivity contribution >= 4 is 82.4 Å². The SMILES string of the molecule is Cc1ccc2c3ccc4cc[n+](C)c5c6c(C)c7cc(CC(C)(C)C)ccc7c(CC(C)(C)I)c6n(c2c1)c3c45. The zero-order valence-electron chi connectivity index (χ0n) is 25.0. The molecule has 0 aliphatic heterocycles. The number of hydrogen-bond acceptors (Lipinski definition) is 0. The fourth-order valence-corrected chi connectivity index (χ4v) is 7.59. The maximum atomic E-state index is 2.65. The Hall–Kier alpha value is -2.92. The molecule has 2 nitrogen and oxygen atoms in total. The van der Waals surface area contributed by atoms with Crippen LogP contribution in [0.2, 0.25) is 0 Å². The molecule has 0 spiro atoms. The van der Waals surface area contributed by atoms with Crippen molar-refractivity contribution in [2.45, 2.75) is 64.7 Å². The molecule has 0 N–H and O–H groups in total. The van der Waals surface area contributed by atoms with E-state index in [-0.39, 0.29) is 8.84 Å². The molecule has 4 aromatic carbocycles. The van der Waals surface area contributed by atoms with Gasteiger partial charge in [-0.3, -0.25) is 0 Å². The van der Waals surface area contributed by atoms with Gasteiger partial charge in [-0.2, -0.15) is 0 Å². The normalized spacial score (nSPS) is 13.3. The highest BCUT2D eigenvalue weighted by Gasteiger charge is 2.29. The molecule has 0 aliphatic carbocycles. The zero-order chi connectivity index (χ0) is 28.3. The van der Waals surface area contributed by atoms with Crippen molar-refractivity contribution in [3.63, 3.8) is 0 Å². The van der Waals surface area contributed by atoms with E-state index in [1.807, 2.05) is 0 Å². The molecule has 7 rings (SSSR count). The molecule has 0 unspecified atom stereocenters. The van der Waals surface area contributed by atoms with Crippen LogP contribution in [0.15, 0.2) is 60.8 Å². The standard InChI is InChI=1S/C37H38IN2/c1-21-9-12-26-27-14-11-24-15-16-39(8)35-31-22(2)28-18-23(19-36(3,4)5)10-13-25(28)29(20-37(6,7)38)34(31)40(30(26)17-21)33(27)32(24)35/h9-18H,19-20H2,1-8H3/q+1.